The van der Waals surface area contributed by atoms with Gasteiger partial charge in [0.05, 0.1) is 23.3 Å². The van der Waals surface area contributed by atoms with E-state index in [0.717, 1.165) is 0 Å². The smallest absolute Gasteiger partial charge is 0.340 e. The Balaban J connectivity index is 2.08. The number of rotatable bonds is 5. The molecule has 0 spiro atoms. The first-order valence-corrected chi connectivity index (χ1v) is 12.7. The first-order chi connectivity index (χ1) is 21.5. The highest BCUT2D eigenvalue weighted by molar-refractivity contribution is 6.16. The van der Waals surface area contributed by atoms with Gasteiger partial charge in [-0.15, -0.1) is 0 Å². The predicted molar refractivity (Wildman–Crippen MR) is 142 cm³/mol. The molecule has 0 aliphatic carbocycles. The highest BCUT2D eigenvalue weighted by Crippen LogP contribution is 2.61. The van der Waals surface area contributed by atoms with Crippen LogP contribution in [-0.2, 0) is 9.47 Å². The molecule has 4 bridgehead atoms. The van der Waals surface area contributed by atoms with Crippen molar-refractivity contribution in [3.8, 4) is 74.0 Å². The molecule has 14 N–H and O–H groups in total. The summed E-state index contributed by atoms with van der Waals surface area (Å²) < 4.78 is 10.3. The number of carbonyl (C=O) groups excluding carboxylic acids is 2. The molecule has 3 aliphatic heterocycles. The second-order valence-corrected chi connectivity index (χ2v) is 10.1. The van der Waals surface area contributed by atoms with Gasteiger partial charge >= 0.3 is 17.9 Å². The van der Waals surface area contributed by atoms with Gasteiger partial charge in [-0.05, 0) is 6.07 Å². The van der Waals surface area contributed by atoms with Crippen LogP contribution in [0.3, 0.4) is 0 Å². The van der Waals surface area contributed by atoms with Gasteiger partial charge in [0.2, 0.25) is 17.2 Å². The molecule has 0 aromatic heterocycles. The van der Waals surface area contributed by atoms with Crippen LogP contribution in [0.15, 0.2) is 6.07 Å². The predicted octanol–water partition coefficient (Wildman–Crippen LogP) is -1.11. The molecule has 3 aromatic carbocycles. The topological polar surface area (TPSA) is 353 Å². The standard InChI is InChI=1S/C27H22O19/c28-2-5(30)14(32)23-24-20(38)12-11(27(44)46-24)9(18(36)22(40)19(12)37)8-10(26(43)45-23)7(16(34)21(39)17(8)35)6-3(25(41)42)1-4(29)13(31)15(6)33/h1,5,14,20,23-24,28-40H,2H2,(H,41,42)/t5-,14-,20-,23+,24+/m1/s1. The Morgan fingerprint density at radius 2 is 1.15 bits per heavy atom. The van der Waals surface area contributed by atoms with Gasteiger partial charge in [0, 0.05) is 27.8 Å². The van der Waals surface area contributed by atoms with Gasteiger partial charge in [-0.3, -0.25) is 0 Å². The molecule has 0 saturated heterocycles. The Bertz CT molecular complexity index is 1860. The number of ether oxygens (including phenoxy) is 2. The number of carboxylic acids is 1. The van der Waals surface area contributed by atoms with E-state index in [1.165, 1.54) is 0 Å². The molecule has 46 heavy (non-hydrogen) atoms. The average Bonchev–Trinajstić information content (AvgIpc) is 3.01. The highest BCUT2D eigenvalue weighted by Gasteiger charge is 2.52. The van der Waals surface area contributed by atoms with Crippen molar-refractivity contribution in [3.63, 3.8) is 0 Å². The molecule has 0 fully saturated rings. The van der Waals surface area contributed by atoms with Gasteiger partial charge in [0.1, 0.15) is 18.3 Å². The van der Waals surface area contributed by atoms with E-state index < -0.39 is 151 Å². The normalized spacial score (nSPS) is 20.0. The summed E-state index contributed by atoms with van der Waals surface area (Å²) in [5.74, 6) is -19.1. The molecule has 0 amide bonds. The minimum absolute atomic E-state index is 0.332. The number of aliphatic hydroxyl groups excluding tert-OH is 4. The second kappa shape index (κ2) is 10.6. The number of carbonyl (C=O) groups is 3. The van der Waals surface area contributed by atoms with Gasteiger partial charge in [0.15, 0.2) is 46.7 Å². The number of phenols is 9. The summed E-state index contributed by atoms with van der Waals surface area (Å²) in [6.45, 7) is -1.23. The molecule has 3 aliphatic rings. The van der Waals surface area contributed by atoms with Crippen molar-refractivity contribution < 1.29 is 95.3 Å². The maximum absolute atomic E-state index is 14.0. The third-order valence-electron chi connectivity index (χ3n) is 7.61. The number of fused-ring (bicyclic) bond motifs is 3. The Labute approximate surface area is 253 Å². The lowest BCUT2D eigenvalue weighted by molar-refractivity contribution is -0.150. The molecular formula is C27H22O19. The number of aromatic hydroxyl groups is 9. The number of hydrogen-bond acceptors (Lipinski definition) is 18. The van der Waals surface area contributed by atoms with Gasteiger partial charge in [-0.2, -0.15) is 0 Å². The summed E-state index contributed by atoms with van der Waals surface area (Å²) in [5.41, 5.74) is -9.78. The monoisotopic (exact) mass is 650 g/mol. The van der Waals surface area contributed by atoms with Crippen LogP contribution >= 0.6 is 0 Å². The van der Waals surface area contributed by atoms with E-state index in [2.05, 4.69) is 0 Å². The van der Waals surface area contributed by atoms with Crippen LogP contribution in [0.2, 0.25) is 0 Å². The van der Waals surface area contributed by atoms with E-state index in [0.29, 0.717) is 6.07 Å². The first-order valence-electron chi connectivity index (χ1n) is 12.7. The number of phenolic OH excluding ortho intramolecular Hbond substituents is 9. The average molecular weight is 650 g/mol. The highest BCUT2D eigenvalue weighted by atomic mass is 16.6. The number of benzene rings is 3. The fraction of sp³-hybridized carbons (Fsp3) is 0.222. The minimum atomic E-state index is -2.46. The minimum Gasteiger partial charge on any atom is -0.504 e. The van der Waals surface area contributed by atoms with Crippen molar-refractivity contribution in [1.82, 2.24) is 0 Å². The zero-order valence-electron chi connectivity index (χ0n) is 22.5. The number of hydrogen-bond donors (Lipinski definition) is 14. The molecule has 19 heteroatoms. The van der Waals surface area contributed by atoms with E-state index in [4.69, 9.17) is 9.47 Å². The molecule has 6 rings (SSSR count). The molecular weight excluding hydrogens is 628 g/mol. The first kappa shape index (κ1) is 31.5. The number of esters is 2. The zero-order chi connectivity index (χ0) is 34.3. The van der Waals surface area contributed by atoms with E-state index in [9.17, 15) is 85.9 Å². The van der Waals surface area contributed by atoms with Gasteiger partial charge in [-0.1, -0.05) is 0 Å². The SMILES string of the molecule is O=C(O)c1cc(O)c(O)c(O)c1-c1c(O)c(O)c(O)c2c1C(=O)O[C@@H]([C@H](O)[C@H](O)CO)[C@H]1OC(=O)c3c-2c(O)c(O)c(O)c3[C@H]1O. The van der Waals surface area contributed by atoms with Crippen molar-refractivity contribution in [2.24, 2.45) is 0 Å². The fourth-order valence-electron chi connectivity index (χ4n) is 5.44. The molecule has 244 valence electrons. The van der Waals surface area contributed by atoms with E-state index >= 15 is 0 Å². The van der Waals surface area contributed by atoms with Crippen molar-refractivity contribution >= 4 is 17.9 Å². The van der Waals surface area contributed by atoms with Crippen LogP contribution in [0, 0.1) is 0 Å². The van der Waals surface area contributed by atoms with Crippen molar-refractivity contribution in [3.05, 3.63) is 28.3 Å². The summed E-state index contributed by atoms with van der Waals surface area (Å²) in [4.78, 5) is 39.6. The molecule has 3 aromatic rings. The Kier molecular flexibility index (Phi) is 7.28. The summed E-state index contributed by atoms with van der Waals surface area (Å²) in [5, 5.41) is 147. The lowest BCUT2D eigenvalue weighted by Gasteiger charge is -2.39. The summed E-state index contributed by atoms with van der Waals surface area (Å²) in [6.07, 6.45) is -11.8. The summed E-state index contributed by atoms with van der Waals surface area (Å²) in [6, 6.07) is 0.332. The summed E-state index contributed by atoms with van der Waals surface area (Å²) >= 11 is 0. The van der Waals surface area contributed by atoms with E-state index in [-0.39, 0.29) is 0 Å². The third-order valence-corrected chi connectivity index (χ3v) is 7.61. The molecule has 19 nitrogen and oxygen atoms in total. The molecule has 0 unspecified atom stereocenters. The van der Waals surface area contributed by atoms with Crippen LogP contribution in [0.5, 0.6) is 51.7 Å². The summed E-state index contributed by atoms with van der Waals surface area (Å²) in [7, 11) is 0. The van der Waals surface area contributed by atoms with Crippen LogP contribution in [0.25, 0.3) is 22.3 Å². The molecule has 5 atom stereocenters. The van der Waals surface area contributed by atoms with Crippen molar-refractivity contribution in [2.45, 2.75) is 30.5 Å². The number of carboxylic acid groups (broad SMARTS) is 1. The molecule has 3 heterocycles. The maximum atomic E-state index is 14.0. The van der Waals surface area contributed by atoms with Crippen molar-refractivity contribution in [2.75, 3.05) is 6.61 Å². The Morgan fingerprint density at radius 3 is 1.70 bits per heavy atom. The Hall–Kier alpha value is -5.89. The number of aliphatic hydroxyl groups is 4. The Morgan fingerprint density at radius 1 is 0.674 bits per heavy atom. The maximum Gasteiger partial charge on any atom is 0.340 e. The lowest BCUT2D eigenvalue weighted by Crippen LogP contribution is -2.53. The molecule has 0 radical (unpaired) electrons. The van der Waals surface area contributed by atoms with E-state index in [1.807, 2.05) is 0 Å². The second-order valence-electron chi connectivity index (χ2n) is 10.1. The van der Waals surface area contributed by atoms with Crippen LogP contribution < -0.4 is 0 Å². The van der Waals surface area contributed by atoms with Crippen LogP contribution in [-0.4, -0.2) is 120 Å². The zero-order valence-corrected chi connectivity index (χ0v) is 22.5. The van der Waals surface area contributed by atoms with E-state index in [1.54, 1.807) is 0 Å². The molecule has 0 saturated carbocycles. The lowest BCUT2D eigenvalue weighted by atomic mass is 9.80. The number of aromatic carboxylic acids is 1. The van der Waals surface area contributed by atoms with Gasteiger partial charge < -0.3 is 81.0 Å². The van der Waals surface area contributed by atoms with Gasteiger partial charge in [-0.25, -0.2) is 14.4 Å². The van der Waals surface area contributed by atoms with Crippen LogP contribution in [0.4, 0.5) is 0 Å². The quantitative estimate of drug-likeness (QED) is 0.115. The van der Waals surface area contributed by atoms with Crippen LogP contribution in [0.1, 0.15) is 42.7 Å². The van der Waals surface area contributed by atoms with Crippen molar-refractivity contribution in [1.29, 1.82) is 0 Å². The van der Waals surface area contributed by atoms with Gasteiger partial charge in [0.25, 0.3) is 0 Å². The third kappa shape index (κ3) is 4.18. The largest absolute Gasteiger partial charge is 0.504 e. The fourth-order valence-corrected chi connectivity index (χ4v) is 5.44.